The van der Waals surface area contributed by atoms with E-state index in [1.165, 1.54) is 19.1 Å². The number of amides is 1. The molecular weight excluding hydrogens is 275 g/mol. The van der Waals surface area contributed by atoms with Crippen LogP contribution in [-0.4, -0.2) is 17.0 Å². The minimum absolute atomic E-state index is 0.0176. The number of benzene rings is 1. The number of carboxylic acid groups (broad SMARTS) is 1. The first kappa shape index (κ1) is 14.4. The number of carbonyl (C=O) groups is 2. The topological polar surface area (TPSA) is 66.4 Å². The van der Waals surface area contributed by atoms with E-state index in [9.17, 15) is 22.8 Å². The van der Waals surface area contributed by atoms with Gasteiger partial charge in [0.2, 0.25) is 5.91 Å². The number of carboxylic acids is 1. The van der Waals surface area contributed by atoms with Crippen molar-refractivity contribution in [2.75, 3.05) is 5.32 Å². The zero-order chi connectivity index (χ0) is 15.1. The molecule has 0 saturated heterocycles. The van der Waals surface area contributed by atoms with Gasteiger partial charge in [-0.05, 0) is 31.0 Å². The Morgan fingerprint density at radius 3 is 2.45 bits per heavy atom. The summed E-state index contributed by atoms with van der Waals surface area (Å²) < 4.78 is 38.1. The fraction of sp³-hybridized carbons (Fsp3) is 0.385. The summed E-state index contributed by atoms with van der Waals surface area (Å²) in [6, 6.07) is 3.48. The van der Waals surface area contributed by atoms with E-state index in [0.717, 1.165) is 6.07 Å². The van der Waals surface area contributed by atoms with Crippen molar-refractivity contribution < 1.29 is 27.9 Å². The third-order valence-electron chi connectivity index (χ3n) is 3.25. The highest BCUT2D eigenvalue weighted by Gasteiger charge is 2.48. The van der Waals surface area contributed by atoms with Crippen molar-refractivity contribution in [1.29, 1.82) is 0 Å². The first-order valence-corrected chi connectivity index (χ1v) is 5.91. The van der Waals surface area contributed by atoms with Gasteiger partial charge in [-0.25, -0.2) is 0 Å². The van der Waals surface area contributed by atoms with Gasteiger partial charge in [-0.15, -0.1) is 0 Å². The van der Waals surface area contributed by atoms with Crippen LogP contribution in [0.5, 0.6) is 0 Å². The number of rotatable bonds is 3. The normalized spacial score (nSPS) is 21.4. The zero-order valence-electron chi connectivity index (χ0n) is 10.5. The molecule has 1 amide bonds. The van der Waals surface area contributed by atoms with Crippen LogP contribution in [-0.2, 0) is 15.8 Å². The smallest absolute Gasteiger partial charge is 0.416 e. The standard InChI is InChI=1S/C13H12F3NO3/c1-6-2-3-7(4-10(6)13(14,15)16)17-11(18)8-5-9(8)12(19)20/h2-4,8-9H,5H2,1H3,(H,17,18)(H,19,20)/t8-,9+/m1/s1. The van der Waals surface area contributed by atoms with Crippen LogP contribution in [0.1, 0.15) is 17.5 Å². The molecule has 2 N–H and O–H groups in total. The number of hydrogen-bond donors (Lipinski definition) is 2. The predicted molar refractivity (Wildman–Crippen MR) is 64.0 cm³/mol. The number of aryl methyl sites for hydroxylation is 1. The second-order valence-corrected chi connectivity index (χ2v) is 4.80. The lowest BCUT2D eigenvalue weighted by molar-refractivity contribution is -0.140. The van der Waals surface area contributed by atoms with Crippen LogP contribution in [0, 0.1) is 18.8 Å². The Morgan fingerprint density at radius 2 is 1.95 bits per heavy atom. The lowest BCUT2D eigenvalue weighted by atomic mass is 10.1. The molecule has 1 aliphatic rings. The quantitative estimate of drug-likeness (QED) is 0.898. The average Bonchev–Trinajstić information content (AvgIpc) is 3.10. The zero-order valence-corrected chi connectivity index (χ0v) is 10.5. The summed E-state index contributed by atoms with van der Waals surface area (Å²) in [5.74, 6) is -3.02. The summed E-state index contributed by atoms with van der Waals surface area (Å²) in [6.45, 7) is 1.33. The highest BCUT2D eigenvalue weighted by atomic mass is 19.4. The maximum Gasteiger partial charge on any atom is 0.416 e. The third kappa shape index (κ3) is 2.92. The highest BCUT2D eigenvalue weighted by molar-refractivity contribution is 5.98. The van der Waals surface area contributed by atoms with Gasteiger partial charge >= 0.3 is 12.1 Å². The van der Waals surface area contributed by atoms with Crippen LogP contribution in [0.4, 0.5) is 18.9 Å². The molecule has 0 heterocycles. The SMILES string of the molecule is Cc1ccc(NC(=O)[C@@H]2C[C@@H]2C(=O)O)cc1C(F)(F)F. The molecule has 0 bridgehead atoms. The molecule has 1 aromatic carbocycles. The molecule has 2 atom stereocenters. The van der Waals surface area contributed by atoms with Gasteiger partial charge in [0.1, 0.15) is 0 Å². The maximum absolute atomic E-state index is 12.7. The number of aliphatic carboxylic acids is 1. The van der Waals surface area contributed by atoms with E-state index in [2.05, 4.69) is 5.32 Å². The van der Waals surface area contributed by atoms with Gasteiger partial charge < -0.3 is 10.4 Å². The molecule has 0 spiro atoms. The van der Waals surface area contributed by atoms with Crippen molar-refractivity contribution in [3.63, 3.8) is 0 Å². The average molecular weight is 287 g/mol. The van der Waals surface area contributed by atoms with E-state index < -0.39 is 35.5 Å². The second-order valence-electron chi connectivity index (χ2n) is 4.80. The van der Waals surface area contributed by atoms with Gasteiger partial charge in [-0.3, -0.25) is 9.59 Å². The maximum atomic E-state index is 12.7. The van der Waals surface area contributed by atoms with Crippen LogP contribution in [0.3, 0.4) is 0 Å². The van der Waals surface area contributed by atoms with Crippen molar-refractivity contribution in [3.05, 3.63) is 29.3 Å². The Hall–Kier alpha value is -2.05. The van der Waals surface area contributed by atoms with Gasteiger partial charge in [0.05, 0.1) is 17.4 Å². The molecule has 1 saturated carbocycles. The molecule has 0 aromatic heterocycles. The molecule has 4 nitrogen and oxygen atoms in total. The molecule has 0 radical (unpaired) electrons. The molecule has 108 valence electrons. The molecular formula is C13H12F3NO3. The van der Waals surface area contributed by atoms with Crippen molar-refractivity contribution in [3.8, 4) is 0 Å². The summed E-state index contributed by atoms with van der Waals surface area (Å²) in [5.41, 5.74) is -0.741. The van der Waals surface area contributed by atoms with E-state index >= 15 is 0 Å². The molecule has 1 fully saturated rings. The van der Waals surface area contributed by atoms with Gasteiger partial charge in [-0.1, -0.05) is 6.07 Å². The largest absolute Gasteiger partial charge is 0.481 e. The van der Waals surface area contributed by atoms with Crippen molar-refractivity contribution >= 4 is 17.6 Å². The van der Waals surface area contributed by atoms with Gasteiger partial charge in [0.15, 0.2) is 0 Å². The lowest BCUT2D eigenvalue weighted by Gasteiger charge is -2.12. The van der Waals surface area contributed by atoms with E-state index in [-0.39, 0.29) is 17.7 Å². The number of nitrogens with one attached hydrogen (secondary N) is 1. The van der Waals surface area contributed by atoms with Crippen molar-refractivity contribution in [1.82, 2.24) is 0 Å². The molecule has 1 aromatic rings. The minimum atomic E-state index is -4.49. The number of halogens is 3. The molecule has 2 rings (SSSR count). The Balaban J connectivity index is 2.11. The Kier molecular flexibility index (Phi) is 3.45. The van der Waals surface area contributed by atoms with Crippen LogP contribution in [0.15, 0.2) is 18.2 Å². The summed E-state index contributed by atoms with van der Waals surface area (Å²) >= 11 is 0. The Morgan fingerprint density at radius 1 is 1.30 bits per heavy atom. The summed E-state index contributed by atoms with van der Waals surface area (Å²) in [5, 5.41) is 11.0. The number of hydrogen-bond acceptors (Lipinski definition) is 2. The third-order valence-corrected chi connectivity index (χ3v) is 3.25. The summed E-state index contributed by atoms with van der Waals surface area (Å²) in [7, 11) is 0. The lowest BCUT2D eigenvalue weighted by Crippen LogP contribution is -2.17. The van der Waals surface area contributed by atoms with Crippen LogP contribution >= 0.6 is 0 Å². The molecule has 20 heavy (non-hydrogen) atoms. The van der Waals surface area contributed by atoms with E-state index in [1.807, 2.05) is 0 Å². The van der Waals surface area contributed by atoms with Gasteiger partial charge in [0.25, 0.3) is 0 Å². The monoisotopic (exact) mass is 287 g/mol. The Labute approximate surface area is 112 Å². The molecule has 0 unspecified atom stereocenters. The predicted octanol–water partition coefficient (Wildman–Crippen LogP) is 2.67. The van der Waals surface area contributed by atoms with E-state index in [1.54, 1.807) is 0 Å². The number of alkyl halides is 3. The van der Waals surface area contributed by atoms with Gasteiger partial charge in [0, 0.05) is 5.69 Å². The Bertz CT molecular complexity index is 568. The van der Waals surface area contributed by atoms with Crippen LogP contribution < -0.4 is 5.32 Å². The number of anilines is 1. The molecule has 0 aliphatic heterocycles. The fourth-order valence-corrected chi connectivity index (χ4v) is 2.00. The fourth-order valence-electron chi connectivity index (χ4n) is 2.00. The number of carbonyl (C=O) groups excluding carboxylic acids is 1. The van der Waals surface area contributed by atoms with Gasteiger partial charge in [-0.2, -0.15) is 13.2 Å². The van der Waals surface area contributed by atoms with E-state index in [4.69, 9.17) is 5.11 Å². The van der Waals surface area contributed by atoms with Crippen LogP contribution in [0.25, 0.3) is 0 Å². The minimum Gasteiger partial charge on any atom is -0.481 e. The first-order chi connectivity index (χ1) is 9.20. The highest BCUT2D eigenvalue weighted by Crippen LogP contribution is 2.40. The summed E-state index contributed by atoms with van der Waals surface area (Å²) in [6.07, 6.45) is -4.27. The molecule has 1 aliphatic carbocycles. The van der Waals surface area contributed by atoms with Crippen molar-refractivity contribution in [2.24, 2.45) is 11.8 Å². The first-order valence-electron chi connectivity index (χ1n) is 5.91. The summed E-state index contributed by atoms with van der Waals surface area (Å²) in [4.78, 5) is 22.3. The molecule has 7 heteroatoms. The van der Waals surface area contributed by atoms with Crippen LogP contribution in [0.2, 0.25) is 0 Å². The second kappa shape index (κ2) is 4.81. The van der Waals surface area contributed by atoms with E-state index in [0.29, 0.717) is 0 Å². The van der Waals surface area contributed by atoms with Crippen molar-refractivity contribution in [2.45, 2.75) is 19.5 Å².